The predicted octanol–water partition coefficient (Wildman–Crippen LogP) is 3.06. The van der Waals surface area contributed by atoms with E-state index in [2.05, 4.69) is 21.0 Å². The molecule has 0 aliphatic heterocycles. The highest BCUT2D eigenvalue weighted by Gasteiger charge is 2.27. The van der Waals surface area contributed by atoms with Crippen molar-refractivity contribution < 1.29 is 0 Å². The molecule has 1 aliphatic rings. The summed E-state index contributed by atoms with van der Waals surface area (Å²) in [6, 6.07) is 0. The Bertz CT molecular complexity index is 291. The Labute approximate surface area is 91.4 Å². The van der Waals surface area contributed by atoms with Gasteiger partial charge in [-0.1, -0.05) is 0 Å². The first-order valence-electron chi connectivity index (χ1n) is 4.50. The lowest BCUT2D eigenvalue weighted by atomic mass is 10.0. The standard InChI is InChI=1S/C9H12BrClN2/c1-13-9(8(10)5-12-13)6-2-3-7(11)4-6/h5-7H,2-4H2,1H3. The Balaban J connectivity index is 2.25. The molecule has 72 valence electrons. The van der Waals surface area contributed by atoms with E-state index in [4.69, 9.17) is 11.6 Å². The van der Waals surface area contributed by atoms with Crippen molar-refractivity contribution in [3.8, 4) is 0 Å². The summed E-state index contributed by atoms with van der Waals surface area (Å²) >= 11 is 9.60. The van der Waals surface area contributed by atoms with Crippen LogP contribution in [0.2, 0.25) is 0 Å². The van der Waals surface area contributed by atoms with Gasteiger partial charge in [0.1, 0.15) is 0 Å². The molecule has 2 nitrogen and oxygen atoms in total. The monoisotopic (exact) mass is 262 g/mol. The van der Waals surface area contributed by atoms with Gasteiger partial charge >= 0.3 is 0 Å². The average Bonchev–Trinajstić information content (AvgIpc) is 2.60. The van der Waals surface area contributed by atoms with E-state index < -0.39 is 0 Å². The van der Waals surface area contributed by atoms with Gasteiger partial charge in [-0.2, -0.15) is 5.10 Å². The zero-order chi connectivity index (χ0) is 9.42. The Kier molecular flexibility index (Phi) is 2.65. The molecule has 1 fully saturated rings. The molecule has 0 N–H and O–H groups in total. The number of hydrogen-bond acceptors (Lipinski definition) is 1. The van der Waals surface area contributed by atoms with Gasteiger partial charge in [0.05, 0.1) is 16.4 Å². The molecule has 0 amide bonds. The SMILES string of the molecule is Cn1ncc(Br)c1C1CCC(Cl)C1. The van der Waals surface area contributed by atoms with Crippen molar-refractivity contribution in [1.29, 1.82) is 0 Å². The lowest BCUT2D eigenvalue weighted by Crippen LogP contribution is -2.03. The summed E-state index contributed by atoms with van der Waals surface area (Å²) in [6.45, 7) is 0. The predicted molar refractivity (Wildman–Crippen MR) is 57.1 cm³/mol. The third-order valence-electron chi connectivity index (χ3n) is 2.69. The Morgan fingerprint density at radius 2 is 2.38 bits per heavy atom. The summed E-state index contributed by atoms with van der Waals surface area (Å²) in [5.41, 5.74) is 1.29. The Hall–Kier alpha value is -0.0200. The first-order chi connectivity index (χ1) is 6.18. The van der Waals surface area contributed by atoms with E-state index >= 15 is 0 Å². The number of alkyl halides is 1. The quantitative estimate of drug-likeness (QED) is 0.712. The van der Waals surface area contributed by atoms with Gasteiger partial charge in [-0.15, -0.1) is 11.6 Å². The van der Waals surface area contributed by atoms with E-state index in [0.29, 0.717) is 11.3 Å². The number of rotatable bonds is 1. The maximum atomic E-state index is 6.08. The fourth-order valence-corrected chi connectivity index (χ4v) is 3.07. The lowest BCUT2D eigenvalue weighted by molar-refractivity contribution is 0.615. The number of nitrogens with zero attached hydrogens (tertiary/aromatic N) is 2. The highest BCUT2D eigenvalue weighted by atomic mass is 79.9. The van der Waals surface area contributed by atoms with Crippen LogP contribution in [0.1, 0.15) is 30.9 Å². The van der Waals surface area contributed by atoms with Gasteiger partial charge in [0, 0.05) is 18.3 Å². The van der Waals surface area contributed by atoms with E-state index in [9.17, 15) is 0 Å². The third kappa shape index (κ3) is 1.77. The summed E-state index contributed by atoms with van der Waals surface area (Å²) in [5, 5.41) is 4.57. The smallest absolute Gasteiger partial charge is 0.0635 e. The molecule has 1 aromatic rings. The van der Waals surface area contributed by atoms with Crippen molar-refractivity contribution in [3.63, 3.8) is 0 Å². The average molecular weight is 264 g/mol. The molecule has 0 saturated heterocycles. The molecule has 1 aromatic heterocycles. The summed E-state index contributed by atoms with van der Waals surface area (Å²) in [5.74, 6) is 0.587. The van der Waals surface area contributed by atoms with Crippen molar-refractivity contribution in [2.75, 3.05) is 0 Å². The van der Waals surface area contributed by atoms with Gasteiger partial charge in [-0.3, -0.25) is 4.68 Å². The Morgan fingerprint density at radius 1 is 1.62 bits per heavy atom. The summed E-state index contributed by atoms with van der Waals surface area (Å²) in [6.07, 6.45) is 5.26. The number of aromatic nitrogens is 2. The number of aryl methyl sites for hydroxylation is 1. The van der Waals surface area contributed by atoms with Crippen LogP contribution in [0.15, 0.2) is 10.7 Å². The minimum Gasteiger partial charge on any atom is -0.271 e. The van der Waals surface area contributed by atoms with E-state index in [1.807, 2.05) is 17.9 Å². The fourth-order valence-electron chi connectivity index (χ4n) is 2.05. The maximum absolute atomic E-state index is 6.08. The largest absolute Gasteiger partial charge is 0.271 e. The van der Waals surface area contributed by atoms with Crippen LogP contribution in [0.5, 0.6) is 0 Å². The molecule has 0 bridgehead atoms. The summed E-state index contributed by atoms with van der Waals surface area (Å²) in [7, 11) is 1.99. The minimum atomic E-state index is 0.354. The molecular weight excluding hydrogens is 251 g/mol. The maximum Gasteiger partial charge on any atom is 0.0635 e. The lowest BCUT2D eigenvalue weighted by Gasteiger charge is -2.10. The molecule has 1 saturated carbocycles. The summed E-state index contributed by atoms with van der Waals surface area (Å²) < 4.78 is 3.06. The molecular formula is C9H12BrClN2. The normalized spacial score (nSPS) is 28.2. The van der Waals surface area contributed by atoms with Crippen LogP contribution in [-0.4, -0.2) is 15.2 Å². The highest BCUT2D eigenvalue weighted by molar-refractivity contribution is 9.10. The minimum absolute atomic E-state index is 0.354. The van der Waals surface area contributed by atoms with Gasteiger partial charge in [0.2, 0.25) is 0 Å². The third-order valence-corrected chi connectivity index (χ3v) is 3.70. The van der Waals surface area contributed by atoms with Crippen LogP contribution in [0.25, 0.3) is 0 Å². The van der Waals surface area contributed by atoms with Gasteiger partial charge in [-0.25, -0.2) is 0 Å². The van der Waals surface area contributed by atoms with Crippen molar-refractivity contribution in [3.05, 3.63) is 16.4 Å². The van der Waals surface area contributed by atoms with E-state index in [0.717, 1.165) is 17.3 Å². The van der Waals surface area contributed by atoms with Crippen LogP contribution in [0.4, 0.5) is 0 Å². The summed E-state index contributed by atoms with van der Waals surface area (Å²) in [4.78, 5) is 0. The van der Waals surface area contributed by atoms with Crippen molar-refractivity contribution in [1.82, 2.24) is 9.78 Å². The van der Waals surface area contributed by atoms with Crippen molar-refractivity contribution in [2.45, 2.75) is 30.6 Å². The van der Waals surface area contributed by atoms with Crippen molar-refractivity contribution in [2.24, 2.45) is 7.05 Å². The van der Waals surface area contributed by atoms with Crippen LogP contribution < -0.4 is 0 Å². The number of halogens is 2. The van der Waals surface area contributed by atoms with E-state index in [1.54, 1.807) is 0 Å². The van der Waals surface area contributed by atoms with Gasteiger partial charge in [0.25, 0.3) is 0 Å². The zero-order valence-corrected chi connectivity index (χ0v) is 9.85. The molecule has 0 spiro atoms. The molecule has 1 aliphatic carbocycles. The molecule has 1 heterocycles. The molecule has 2 unspecified atom stereocenters. The molecule has 0 aromatic carbocycles. The van der Waals surface area contributed by atoms with E-state index in [-0.39, 0.29) is 0 Å². The van der Waals surface area contributed by atoms with Crippen LogP contribution in [-0.2, 0) is 7.05 Å². The molecule has 2 rings (SSSR count). The first kappa shape index (κ1) is 9.53. The Morgan fingerprint density at radius 3 is 2.85 bits per heavy atom. The highest BCUT2D eigenvalue weighted by Crippen LogP contribution is 2.39. The second kappa shape index (κ2) is 3.62. The van der Waals surface area contributed by atoms with E-state index in [1.165, 1.54) is 12.1 Å². The van der Waals surface area contributed by atoms with Gasteiger partial charge < -0.3 is 0 Å². The second-order valence-corrected chi connectivity index (χ2v) is 5.08. The number of hydrogen-bond donors (Lipinski definition) is 0. The van der Waals surface area contributed by atoms with Crippen LogP contribution in [0, 0.1) is 0 Å². The molecule has 4 heteroatoms. The van der Waals surface area contributed by atoms with Crippen LogP contribution in [0.3, 0.4) is 0 Å². The van der Waals surface area contributed by atoms with Crippen molar-refractivity contribution >= 4 is 27.5 Å². The topological polar surface area (TPSA) is 17.8 Å². The van der Waals surface area contributed by atoms with Gasteiger partial charge in [-0.05, 0) is 35.2 Å². The fraction of sp³-hybridized carbons (Fsp3) is 0.667. The second-order valence-electron chi connectivity index (χ2n) is 3.61. The molecule has 13 heavy (non-hydrogen) atoms. The van der Waals surface area contributed by atoms with Crippen LogP contribution >= 0.6 is 27.5 Å². The molecule has 2 atom stereocenters. The van der Waals surface area contributed by atoms with Gasteiger partial charge in [0.15, 0.2) is 0 Å². The first-order valence-corrected chi connectivity index (χ1v) is 5.73. The zero-order valence-electron chi connectivity index (χ0n) is 7.50. The molecule has 0 radical (unpaired) electrons.